The number of methoxy groups -OCH3 is 1. The lowest BCUT2D eigenvalue weighted by molar-refractivity contribution is -0.137. The molecule has 3 aromatic rings. The van der Waals surface area contributed by atoms with Crippen molar-refractivity contribution in [2.75, 3.05) is 25.0 Å². The van der Waals surface area contributed by atoms with Gasteiger partial charge in [-0.25, -0.2) is 9.19 Å². The maximum absolute atomic E-state index is 12.9. The number of nitrogens with one attached hydrogen (secondary N) is 1. The van der Waals surface area contributed by atoms with E-state index in [1.165, 1.54) is 13.3 Å². The smallest absolute Gasteiger partial charge is 0.249 e. The first-order chi connectivity index (χ1) is 16.0. The van der Waals surface area contributed by atoms with Crippen molar-refractivity contribution in [2.24, 2.45) is 0 Å². The molecule has 33 heavy (non-hydrogen) atoms. The fraction of sp³-hybridized carbons (Fsp3) is 0.217. The van der Waals surface area contributed by atoms with Gasteiger partial charge in [-0.2, -0.15) is 0 Å². The first-order valence-corrected chi connectivity index (χ1v) is 11.6. The molecule has 1 unspecified atom stereocenters. The average molecular weight is 488 g/mol. The molecular formula is C23H22ClN3O5S. The number of aromatic nitrogens is 1. The SMILES string of the molecule is COc1ccc(Cl)cc1S(=O)Nc1cnc2c(c1)CN(C(=O)CO)[C@H](c1ccccc1)CO2. The second-order valence-electron chi connectivity index (χ2n) is 7.27. The van der Waals surface area contributed by atoms with E-state index in [1.807, 2.05) is 30.3 Å². The number of nitrogens with zero attached hydrogens (tertiary/aromatic N) is 2. The van der Waals surface area contributed by atoms with E-state index in [9.17, 15) is 14.1 Å². The lowest BCUT2D eigenvalue weighted by atomic mass is 10.1. The molecule has 0 fully saturated rings. The van der Waals surface area contributed by atoms with E-state index < -0.39 is 23.5 Å². The minimum atomic E-state index is -1.68. The highest BCUT2D eigenvalue weighted by atomic mass is 35.5. The Labute approximate surface area is 198 Å². The van der Waals surface area contributed by atoms with Crippen molar-refractivity contribution < 1.29 is 23.6 Å². The first-order valence-electron chi connectivity index (χ1n) is 10.1. The van der Waals surface area contributed by atoms with E-state index in [-0.39, 0.29) is 19.2 Å². The Hall–Kier alpha value is -3.14. The normalized spacial score (nSPS) is 16.2. The third kappa shape index (κ3) is 5.11. The Kier molecular flexibility index (Phi) is 7.12. The highest BCUT2D eigenvalue weighted by Gasteiger charge is 2.30. The molecule has 1 aliphatic rings. The van der Waals surface area contributed by atoms with Gasteiger partial charge >= 0.3 is 0 Å². The van der Waals surface area contributed by atoms with Crippen molar-refractivity contribution in [2.45, 2.75) is 17.5 Å². The van der Waals surface area contributed by atoms with Crippen LogP contribution in [0.4, 0.5) is 5.69 Å². The zero-order valence-electron chi connectivity index (χ0n) is 17.7. The summed E-state index contributed by atoms with van der Waals surface area (Å²) in [5, 5.41) is 9.97. The average Bonchev–Trinajstić information content (AvgIpc) is 3.03. The number of carbonyl (C=O) groups excluding carboxylic acids is 1. The summed E-state index contributed by atoms with van der Waals surface area (Å²) in [5.74, 6) is 0.383. The van der Waals surface area contributed by atoms with Gasteiger partial charge in [0.05, 0.1) is 31.6 Å². The van der Waals surface area contributed by atoms with Gasteiger partial charge in [0.15, 0.2) is 11.0 Å². The van der Waals surface area contributed by atoms with E-state index in [0.29, 0.717) is 32.8 Å². The van der Waals surface area contributed by atoms with Crippen molar-refractivity contribution >= 4 is 34.2 Å². The van der Waals surface area contributed by atoms with Crippen LogP contribution in [0.1, 0.15) is 17.2 Å². The summed E-state index contributed by atoms with van der Waals surface area (Å²) < 4.78 is 27.0. The lowest BCUT2D eigenvalue weighted by Gasteiger charge is -2.29. The van der Waals surface area contributed by atoms with Gasteiger partial charge in [-0.3, -0.25) is 9.52 Å². The molecule has 2 heterocycles. The van der Waals surface area contributed by atoms with Crippen molar-refractivity contribution in [3.05, 3.63) is 76.9 Å². The zero-order chi connectivity index (χ0) is 23.4. The Morgan fingerprint density at radius 3 is 2.82 bits per heavy atom. The second kappa shape index (κ2) is 10.2. The number of ether oxygens (including phenoxy) is 2. The number of halogens is 1. The molecule has 1 aromatic heterocycles. The highest BCUT2D eigenvalue weighted by Crippen LogP contribution is 2.32. The van der Waals surface area contributed by atoms with Crippen molar-refractivity contribution in [3.63, 3.8) is 0 Å². The molecule has 0 saturated carbocycles. The van der Waals surface area contributed by atoms with Gasteiger partial charge in [-0.15, -0.1) is 0 Å². The number of amides is 1. The highest BCUT2D eigenvalue weighted by molar-refractivity contribution is 7.86. The van der Waals surface area contributed by atoms with Gasteiger partial charge in [0, 0.05) is 10.6 Å². The van der Waals surface area contributed by atoms with Gasteiger partial charge in [-0.1, -0.05) is 41.9 Å². The van der Waals surface area contributed by atoms with Gasteiger partial charge in [-0.05, 0) is 29.8 Å². The number of hydrogen-bond donors (Lipinski definition) is 2. The summed E-state index contributed by atoms with van der Waals surface area (Å²) in [6.45, 7) is -0.263. The Balaban J connectivity index is 1.61. The molecular weight excluding hydrogens is 466 g/mol. The Morgan fingerprint density at radius 2 is 2.09 bits per heavy atom. The number of carbonyl (C=O) groups is 1. The van der Waals surface area contributed by atoms with E-state index in [0.717, 1.165) is 5.56 Å². The molecule has 0 aliphatic carbocycles. The van der Waals surface area contributed by atoms with Gasteiger partial charge in [0.2, 0.25) is 11.8 Å². The predicted octanol–water partition coefficient (Wildman–Crippen LogP) is 3.33. The van der Waals surface area contributed by atoms with Gasteiger partial charge in [0.25, 0.3) is 0 Å². The molecule has 2 aromatic carbocycles. The second-order valence-corrected chi connectivity index (χ2v) is 8.89. The molecule has 2 atom stereocenters. The van der Waals surface area contributed by atoms with Crippen LogP contribution >= 0.6 is 11.6 Å². The van der Waals surface area contributed by atoms with E-state index >= 15 is 0 Å². The van der Waals surface area contributed by atoms with E-state index in [4.69, 9.17) is 21.1 Å². The molecule has 0 saturated heterocycles. The Bertz CT molecular complexity index is 1180. The summed E-state index contributed by atoms with van der Waals surface area (Å²) in [5.41, 5.74) is 1.97. The van der Waals surface area contributed by atoms with Crippen molar-refractivity contribution in [3.8, 4) is 11.6 Å². The van der Waals surface area contributed by atoms with Crippen molar-refractivity contribution in [1.29, 1.82) is 0 Å². The van der Waals surface area contributed by atoms with Crippen LogP contribution < -0.4 is 14.2 Å². The van der Waals surface area contributed by atoms with Crippen LogP contribution in [0.25, 0.3) is 0 Å². The fourth-order valence-corrected chi connectivity index (χ4v) is 4.84. The molecule has 172 valence electrons. The van der Waals surface area contributed by atoms with Crippen LogP contribution in [0.3, 0.4) is 0 Å². The zero-order valence-corrected chi connectivity index (χ0v) is 19.3. The lowest BCUT2D eigenvalue weighted by Crippen LogP contribution is -2.37. The molecule has 2 N–H and O–H groups in total. The summed E-state index contributed by atoms with van der Waals surface area (Å²) in [4.78, 5) is 18.9. The molecule has 0 spiro atoms. The third-order valence-corrected chi connectivity index (χ3v) is 6.57. The van der Waals surface area contributed by atoms with Crippen LogP contribution in [0.5, 0.6) is 11.6 Å². The van der Waals surface area contributed by atoms with Crippen LogP contribution in [-0.2, 0) is 22.3 Å². The van der Waals surface area contributed by atoms with Crippen LogP contribution in [0, 0.1) is 0 Å². The summed E-state index contributed by atoms with van der Waals surface area (Å²) in [6, 6.07) is 15.7. The topological polar surface area (TPSA) is 101 Å². The fourth-order valence-electron chi connectivity index (χ4n) is 3.60. The Morgan fingerprint density at radius 1 is 1.30 bits per heavy atom. The number of aliphatic hydroxyl groups is 1. The first kappa shape index (κ1) is 23.0. The molecule has 8 nitrogen and oxygen atoms in total. The van der Waals surface area contributed by atoms with E-state index in [1.54, 1.807) is 29.2 Å². The minimum absolute atomic E-state index is 0.171. The summed E-state index contributed by atoms with van der Waals surface area (Å²) in [7, 11) is -0.191. The molecule has 4 rings (SSSR count). The summed E-state index contributed by atoms with van der Waals surface area (Å²) >= 11 is 6.05. The number of fused-ring (bicyclic) bond motifs is 1. The van der Waals surface area contributed by atoms with Crippen LogP contribution in [0.2, 0.25) is 5.02 Å². The van der Waals surface area contributed by atoms with Crippen molar-refractivity contribution in [1.82, 2.24) is 9.88 Å². The number of aliphatic hydroxyl groups excluding tert-OH is 1. The maximum atomic E-state index is 12.9. The number of hydrogen-bond acceptors (Lipinski definition) is 6. The number of anilines is 1. The number of benzene rings is 2. The van der Waals surface area contributed by atoms with Crippen LogP contribution in [-0.4, -0.2) is 45.4 Å². The van der Waals surface area contributed by atoms with Gasteiger partial charge < -0.3 is 19.5 Å². The predicted molar refractivity (Wildman–Crippen MR) is 125 cm³/mol. The monoisotopic (exact) mass is 487 g/mol. The molecule has 10 heteroatoms. The number of rotatable bonds is 6. The molecule has 0 radical (unpaired) electrons. The van der Waals surface area contributed by atoms with E-state index in [2.05, 4.69) is 9.71 Å². The molecule has 1 amide bonds. The molecule has 0 bridgehead atoms. The number of pyridine rings is 1. The summed E-state index contributed by atoms with van der Waals surface area (Å²) in [6.07, 6.45) is 1.51. The van der Waals surface area contributed by atoms with Gasteiger partial charge in [0.1, 0.15) is 23.9 Å². The molecule has 1 aliphatic heterocycles. The minimum Gasteiger partial charge on any atom is -0.495 e. The third-order valence-electron chi connectivity index (χ3n) is 5.20. The quantitative estimate of drug-likeness (QED) is 0.553. The largest absolute Gasteiger partial charge is 0.495 e. The standard InChI is InChI=1S/C23H22ClN3O5S/c1-31-20-8-7-17(24)10-21(20)33(30)26-18-9-16-12-27(22(29)13-28)19(14-32-23(16)25-11-18)15-5-3-2-4-6-15/h2-11,19,26,28H,12-14H2,1H3/t19-,33?/m0/s1. The maximum Gasteiger partial charge on any atom is 0.249 e. The van der Waals surface area contributed by atoms with Crippen LogP contribution in [0.15, 0.2) is 65.7 Å².